The highest BCUT2D eigenvalue weighted by atomic mass is 16.5. The van der Waals surface area contributed by atoms with Crippen LogP contribution in [0, 0.1) is 6.92 Å². The number of fused-ring (bicyclic) bond motifs is 1. The maximum absolute atomic E-state index is 12.6. The van der Waals surface area contributed by atoms with Crippen molar-refractivity contribution in [2.75, 3.05) is 0 Å². The van der Waals surface area contributed by atoms with Crippen molar-refractivity contribution in [3.05, 3.63) is 59.8 Å². The van der Waals surface area contributed by atoms with Crippen LogP contribution in [0.5, 0.6) is 0 Å². The van der Waals surface area contributed by atoms with Gasteiger partial charge in [-0.3, -0.25) is 4.79 Å². The summed E-state index contributed by atoms with van der Waals surface area (Å²) in [5.74, 6) is -0.737. The highest BCUT2D eigenvalue weighted by Crippen LogP contribution is 2.23. The number of aryl methyl sites for hydroxylation is 1. The third-order valence-corrected chi connectivity index (χ3v) is 3.34. The smallest absolute Gasteiger partial charge is 0.331 e. The second-order valence-electron chi connectivity index (χ2n) is 5.00. The van der Waals surface area contributed by atoms with Gasteiger partial charge in [-0.2, -0.15) is 0 Å². The van der Waals surface area contributed by atoms with Gasteiger partial charge in [0.05, 0.1) is 0 Å². The van der Waals surface area contributed by atoms with E-state index in [4.69, 9.17) is 4.74 Å². The Labute approximate surface area is 129 Å². The molecule has 0 aliphatic carbocycles. The average Bonchev–Trinajstić information content (AvgIpc) is 2.82. The number of aromatic nitrogens is 1. The summed E-state index contributed by atoms with van der Waals surface area (Å²) in [5, 5.41) is 0.845. The largest absolute Gasteiger partial charge is 0.451 e. The third-order valence-electron chi connectivity index (χ3n) is 3.34. The molecule has 4 heteroatoms. The van der Waals surface area contributed by atoms with Gasteiger partial charge in [0.2, 0.25) is 5.78 Å². The predicted octanol–water partition coefficient (Wildman–Crippen LogP) is 3.72. The molecule has 0 spiro atoms. The van der Waals surface area contributed by atoms with Gasteiger partial charge in [-0.25, -0.2) is 4.79 Å². The molecular weight excluding hydrogens is 278 g/mol. The Balaban J connectivity index is 2.19. The van der Waals surface area contributed by atoms with Crippen molar-refractivity contribution in [1.82, 2.24) is 4.98 Å². The van der Waals surface area contributed by atoms with Gasteiger partial charge >= 0.3 is 5.97 Å². The Morgan fingerprint density at radius 2 is 1.95 bits per heavy atom. The van der Waals surface area contributed by atoms with Crippen LogP contribution in [0.25, 0.3) is 10.9 Å². The molecule has 1 heterocycles. The van der Waals surface area contributed by atoms with Gasteiger partial charge in [0.25, 0.3) is 0 Å². The van der Waals surface area contributed by atoms with E-state index in [9.17, 15) is 9.59 Å². The number of esters is 1. The van der Waals surface area contributed by atoms with E-state index < -0.39 is 12.1 Å². The van der Waals surface area contributed by atoms with Gasteiger partial charge in [-0.15, -0.1) is 0 Å². The van der Waals surface area contributed by atoms with Crippen molar-refractivity contribution in [1.29, 1.82) is 0 Å². The summed E-state index contributed by atoms with van der Waals surface area (Å²) in [7, 11) is 0. The molecule has 0 aliphatic rings. The summed E-state index contributed by atoms with van der Waals surface area (Å²) < 4.78 is 5.16. The van der Waals surface area contributed by atoms with Crippen LogP contribution in [-0.2, 0) is 9.53 Å². The number of rotatable bonds is 5. The molecule has 0 radical (unpaired) electrons. The molecule has 0 unspecified atom stereocenters. The number of carbonyl (C=O) groups is 2. The molecule has 22 heavy (non-hydrogen) atoms. The standard InChI is InChI=1S/C18H19NO3/c1-4-5-6-11-16(20)22-13(3)18(21)17-12(2)19-15-10-8-7-9-14(15)17/h4-11,13,19H,1-3H3/b5-4+,11-6+/t13-/m0/s1. The van der Waals surface area contributed by atoms with Gasteiger partial charge in [0, 0.05) is 28.2 Å². The van der Waals surface area contributed by atoms with Gasteiger partial charge in [-0.1, -0.05) is 36.4 Å². The van der Waals surface area contributed by atoms with E-state index in [0.29, 0.717) is 5.56 Å². The van der Waals surface area contributed by atoms with Crippen LogP contribution in [0.15, 0.2) is 48.6 Å². The second kappa shape index (κ2) is 6.89. The van der Waals surface area contributed by atoms with Crippen molar-refractivity contribution in [2.24, 2.45) is 0 Å². The Morgan fingerprint density at radius 3 is 2.68 bits per heavy atom. The molecule has 2 rings (SSSR count). The summed E-state index contributed by atoms with van der Waals surface area (Å²) in [6.45, 7) is 5.28. The van der Waals surface area contributed by atoms with Gasteiger partial charge in [-0.05, 0) is 26.8 Å². The highest BCUT2D eigenvalue weighted by molar-refractivity contribution is 6.11. The van der Waals surface area contributed by atoms with Crippen LogP contribution in [-0.4, -0.2) is 22.8 Å². The maximum Gasteiger partial charge on any atom is 0.331 e. The van der Waals surface area contributed by atoms with Crippen molar-refractivity contribution in [3.63, 3.8) is 0 Å². The summed E-state index contributed by atoms with van der Waals surface area (Å²) >= 11 is 0. The van der Waals surface area contributed by atoms with Crippen molar-refractivity contribution < 1.29 is 14.3 Å². The number of nitrogens with one attached hydrogen (secondary N) is 1. The molecule has 0 amide bonds. The number of hydrogen-bond donors (Lipinski definition) is 1. The van der Waals surface area contributed by atoms with Gasteiger partial charge in [0.1, 0.15) is 0 Å². The van der Waals surface area contributed by atoms with Crippen LogP contribution in [0.4, 0.5) is 0 Å². The predicted molar refractivity (Wildman–Crippen MR) is 86.9 cm³/mol. The molecule has 1 aromatic heterocycles. The number of aromatic amines is 1. The molecule has 0 fully saturated rings. The molecular formula is C18H19NO3. The second-order valence-corrected chi connectivity index (χ2v) is 5.00. The molecule has 4 nitrogen and oxygen atoms in total. The Kier molecular flexibility index (Phi) is 4.94. The topological polar surface area (TPSA) is 59.2 Å². The molecule has 0 saturated carbocycles. The van der Waals surface area contributed by atoms with Crippen molar-refractivity contribution in [2.45, 2.75) is 26.9 Å². The lowest BCUT2D eigenvalue weighted by Crippen LogP contribution is -2.24. The minimum absolute atomic E-state index is 0.206. The first-order valence-corrected chi connectivity index (χ1v) is 7.16. The highest BCUT2D eigenvalue weighted by Gasteiger charge is 2.23. The minimum atomic E-state index is -0.833. The monoisotopic (exact) mass is 297 g/mol. The third kappa shape index (κ3) is 3.34. The lowest BCUT2D eigenvalue weighted by Gasteiger charge is -2.11. The first-order valence-electron chi connectivity index (χ1n) is 7.16. The van der Waals surface area contributed by atoms with E-state index >= 15 is 0 Å². The number of benzene rings is 1. The Bertz CT molecular complexity index is 753. The van der Waals surface area contributed by atoms with E-state index in [1.54, 1.807) is 25.2 Å². The number of Topliss-reactive ketones (excluding diaryl/α,β-unsaturated/α-hetero) is 1. The first kappa shape index (κ1) is 15.8. The molecule has 0 aliphatic heterocycles. The number of hydrogen-bond acceptors (Lipinski definition) is 3. The fraction of sp³-hybridized carbons (Fsp3) is 0.222. The fourth-order valence-electron chi connectivity index (χ4n) is 2.31. The molecule has 0 bridgehead atoms. The summed E-state index contributed by atoms with van der Waals surface area (Å²) in [5.41, 5.74) is 2.25. The normalized spacial score (nSPS) is 13.0. The minimum Gasteiger partial charge on any atom is -0.451 e. The first-order chi connectivity index (χ1) is 10.5. The SMILES string of the molecule is C/C=C/C=C/C(=O)O[C@@H](C)C(=O)c1c(C)[nH]c2ccccc12. The molecule has 2 aromatic rings. The van der Waals surface area contributed by atoms with Crippen molar-refractivity contribution >= 4 is 22.7 Å². The molecule has 114 valence electrons. The lowest BCUT2D eigenvalue weighted by molar-refractivity contribution is -0.140. The molecule has 1 atom stereocenters. The lowest BCUT2D eigenvalue weighted by atomic mass is 10.0. The number of para-hydroxylation sites is 1. The number of allylic oxidation sites excluding steroid dienone is 3. The quantitative estimate of drug-likeness (QED) is 0.396. The number of ether oxygens (including phenoxy) is 1. The number of carbonyl (C=O) groups excluding carboxylic acids is 2. The number of H-pyrrole nitrogens is 1. The van der Waals surface area contributed by atoms with Gasteiger partial charge < -0.3 is 9.72 Å². The zero-order chi connectivity index (χ0) is 16.1. The molecule has 1 N–H and O–H groups in total. The Morgan fingerprint density at radius 1 is 1.23 bits per heavy atom. The maximum atomic E-state index is 12.6. The number of ketones is 1. The fourth-order valence-corrected chi connectivity index (χ4v) is 2.31. The van der Waals surface area contributed by atoms with E-state index in [2.05, 4.69) is 4.98 Å². The zero-order valence-electron chi connectivity index (χ0n) is 12.9. The van der Waals surface area contributed by atoms with Crippen LogP contribution in [0.3, 0.4) is 0 Å². The van der Waals surface area contributed by atoms with E-state index in [-0.39, 0.29) is 5.78 Å². The van der Waals surface area contributed by atoms with Crippen LogP contribution < -0.4 is 0 Å². The van der Waals surface area contributed by atoms with Crippen LogP contribution in [0.2, 0.25) is 0 Å². The van der Waals surface area contributed by atoms with Crippen LogP contribution >= 0.6 is 0 Å². The van der Waals surface area contributed by atoms with E-state index in [1.165, 1.54) is 6.08 Å². The summed E-state index contributed by atoms with van der Waals surface area (Å²) in [6.07, 6.45) is 5.56. The van der Waals surface area contributed by atoms with Crippen molar-refractivity contribution in [3.8, 4) is 0 Å². The zero-order valence-corrected chi connectivity index (χ0v) is 12.9. The summed E-state index contributed by atoms with van der Waals surface area (Å²) in [6, 6.07) is 7.58. The van der Waals surface area contributed by atoms with E-state index in [1.807, 2.05) is 38.1 Å². The Hall–Kier alpha value is -2.62. The van der Waals surface area contributed by atoms with Gasteiger partial charge in [0.15, 0.2) is 6.10 Å². The molecule has 0 saturated heterocycles. The summed E-state index contributed by atoms with van der Waals surface area (Å²) in [4.78, 5) is 27.4. The average molecular weight is 297 g/mol. The van der Waals surface area contributed by atoms with Crippen LogP contribution in [0.1, 0.15) is 29.9 Å². The van der Waals surface area contributed by atoms with E-state index in [0.717, 1.165) is 16.6 Å². The molecule has 1 aromatic carbocycles.